The maximum atomic E-state index is 4.59. The minimum atomic E-state index is 0.625. The van der Waals surface area contributed by atoms with Gasteiger partial charge in [0.1, 0.15) is 17.5 Å². The summed E-state index contributed by atoms with van der Waals surface area (Å²) in [5.74, 6) is 3.70. The Kier molecular flexibility index (Phi) is 4.61. The molecule has 1 heterocycles. The van der Waals surface area contributed by atoms with Crippen molar-refractivity contribution < 1.29 is 0 Å². The van der Waals surface area contributed by atoms with Crippen LogP contribution in [-0.4, -0.2) is 29.6 Å². The van der Waals surface area contributed by atoms with Crippen LogP contribution in [0.3, 0.4) is 0 Å². The maximum Gasteiger partial charge on any atom is 0.134 e. The highest BCUT2D eigenvalue weighted by atomic mass is 15.2. The Morgan fingerprint density at radius 1 is 1.26 bits per heavy atom. The molecule has 4 heteroatoms. The molecule has 1 aliphatic carbocycles. The maximum absolute atomic E-state index is 4.59. The molecule has 1 saturated carbocycles. The lowest BCUT2D eigenvalue weighted by atomic mass is 9.87. The SMILES string of the molecule is CCNc1cc(N(C)C2CCC(C)CC2)nc(C)n1. The van der Waals surface area contributed by atoms with Crippen molar-refractivity contribution in [3.63, 3.8) is 0 Å². The summed E-state index contributed by atoms with van der Waals surface area (Å²) in [4.78, 5) is 11.3. The van der Waals surface area contributed by atoms with E-state index in [0.717, 1.165) is 29.9 Å². The molecule has 0 amide bonds. The quantitative estimate of drug-likeness (QED) is 0.904. The van der Waals surface area contributed by atoms with E-state index in [-0.39, 0.29) is 0 Å². The van der Waals surface area contributed by atoms with Gasteiger partial charge in [0.2, 0.25) is 0 Å². The van der Waals surface area contributed by atoms with Crippen LogP contribution in [0.4, 0.5) is 11.6 Å². The van der Waals surface area contributed by atoms with Gasteiger partial charge in [-0.3, -0.25) is 0 Å². The number of nitrogens with zero attached hydrogens (tertiary/aromatic N) is 3. The van der Waals surface area contributed by atoms with E-state index in [1.807, 2.05) is 6.92 Å². The first-order valence-corrected chi connectivity index (χ1v) is 7.42. The lowest BCUT2D eigenvalue weighted by Gasteiger charge is -2.34. The summed E-state index contributed by atoms with van der Waals surface area (Å²) in [5.41, 5.74) is 0. The molecular weight excluding hydrogens is 236 g/mol. The second kappa shape index (κ2) is 6.22. The number of rotatable bonds is 4. The molecule has 106 valence electrons. The molecule has 0 atom stereocenters. The fourth-order valence-electron chi connectivity index (χ4n) is 2.82. The van der Waals surface area contributed by atoms with Crippen molar-refractivity contribution in [2.24, 2.45) is 5.92 Å². The highest BCUT2D eigenvalue weighted by Gasteiger charge is 2.23. The average molecular weight is 262 g/mol. The van der Waals surface area contributed by atoms with Crippen LogP contribution < -0.4 is 10.2 Å². The van der Waals surface area contributed by atoms with E-state index < -0.39 is 0 Å². The van der Waals surface area contributed by atoms with Crippen molar-refractivity contribution in [1.29, 1.82) is 0 Å². The van der Waals surface area contributed by atoms with Crippen LogP contribution >= 0.6 is 0 Å². The summed E-state index contributed by atoms with van der Waals surface area (Å²) in [6.07, 6.45) is 5.22. The van der Waals surface area contributed by atoms with E-state index in [2.05, 4.69) is 47.1 Å². The zero-order valence-electron chi connectivity index (χ0n) is 12.6. The largest absolute Gasteiger partial charge is 0.370 e. The molecule has 2 rings (SSSR count). The zero-order chi connectivity index (χ0) is 13.8. The normalized spacial score (nSPS) is 23.2. The molecular formula is C15H26N4. The van der Waals surface area contributed by atoms with E-state index in [9.17, 15) is 0 Å². The molecule has 1 aromatic heterocycles. The minimum Gasteiger partial charge on any atom is -0.370 e. The van der Waals surface area contributed by atoms with Crippen molar-refractivity contribution in [3.8, 4) is 0 Å². The highest BCUT2D eigenvalue weighted by Crippen LogP contribution is 2.29. The van der Waals surface area contributed by atoms with Crippen molar-refractivity contribution in [3.05, 3.63) is 11.9 Å². The summed E-state index contributed by atoms with van der Waals surface area (Å²) in [6.45, 7) is 7.29. The predicted molar refractivity (Wildman–Crippen MR) is 80.8 cm³/mol. The van der Waals surface area contributed by atoms with Gasteiger partial charge in [0.15, 0.2) is 0 Å². The second-order valence-corrected chi connectivity index (χ2v) is 5.71. The van der Waals surface area contributed by atoms with Gasteiger partial charge in [-0.25, -0.2) is 9.97 Å². The molecule has 0 radical (unpaired) electrons. The van der Waals surface area contributed by atoms with Gasteiger partial charge in [-0.2, -0.15) is 0 Å². The van der Waals surface area contributed by atoms with E-state index >= 15 is 0 Å². The number of hydrogen-bond acceptors (Lipinski definition) is 4. The number of aromatic nitrogens is 2. The van der Waals surface area contributed by atoms with Crippen LogP contribution in [0.15, 0.2) is 6.07 Å². The predicted octanol–water partition coefficient (Wildman–Crippen LogP) is 3.23. The first kappa shape index (κ1) is 14.1. The molecule has 0 spiro atoms. The van der Waals surface area contributed by atoms with Crippen LogP contribution in [-0.2, 0) is 0 Å². The molecule has 0 bridgehead atoms. The van der Waals surface area contributed by atoms with Crippen molar-refractivity contribution in [1.82, 2.24) is 9.97 Å². The molecule has 19 heavy (non-hydrogen) atoms. The topological polar surface area (TPSA) is 41.0 Å². The van der Waals surface area contributed by atoms with Crippen LogP contribution in [0.2, 0.25) is 0 Å². The van der Waals surface area contributed by atoms with Gasteiger partial charge in [-0.15, -0.1) is 0 Å². The van der Waals surface area contributed by atoms with Gasteiger partial charge in [0, 0.05) is 25.7 Å². The fourth-order valence-corrected chi connectivity index (χ4v) is 2.82. The lowest BCUT2D eigenvalue weighted by Crippen LogP contribution is -2.35. The summed E-state index contributed by atoms with van der Waals surface area (Å²) in [7, 11) is 2.16. The Morgan fingerprint density at radius 3 is 2.58 bits per heavy atom. The van der Waals surface area contributed by atoms with Crippen molar-refractivity contribution >= 4 is 11.6 Å². The van der Waals surface area contributed by atoms with Crippen LogP contribution in [0, 0.1) is 12.8 Å². The Bertz CT molecular complexity index is 411. The van der Waals surface area contributed by atoms with Gasteiger partial charge < -0.3 is 10.2 Å². The highest BCUT2D eigenvalue weighted by molar-refractivity contribution is 5.49. The summed E-state index contributed by atoms with van der Waals surface area (Å²) in [6, 6.07) is 2.69. The fraction of sp³-hybridized carbons (Fsp3) is 0.733. The number of nitrogens with one attached hydrogen (secondary N) is 1. The summed E-state index contributed by atoms with van der Waals surface area (Å²) in [5, 5.41) is 3.28. The van der Waals surface area contributed by atoms with E-state index in [0.29, 0.717) is 6.04 Å². The molecule has 0 aliphatic heterocycles. The monoisotopic (exact) mass is 262 g/mol. The third-order valence-electron chi connectivity index (χ3n) is 4.08. The molecule has 1 aliphatic rings. The number of anilines is 2. The molecule has 1 N–H and O–H groups in total. The third kappa shape index (κ3) is 3.58. The third-order valence-corrected chi connectivity index (χ3v) is 4.08. The Labute approximate surface area is 116 Å². The Morgan fingerprint density at radius 2 is 1.95 bits per heavy atom. The van der Waals surface area contributed by atoms with Gasteiger partial charge in [-0.1, -0.05) is 6.92 Å². The number of aryl methyl sites for hydroxylation is 1. The van der Waals surface area contributed by atoms with Crippen LogP contribution in [0.5, 0.6) is 0 Å². The van der Waals surface area contributed by atoms with E-state index in [4.69, 9.17) is 0 Å². The van der Waals surface area contributed by atoms with E-state index in [1.54, 1.807) is 0 Å². The van der Waals surface area contributed by atoms with Gasteiger partial charge in [-0.05, 0) is 45.4 Å². The molecule has 0 saturated heterocycles. The van der Waals surface area contributed by atoms with Gasteiger partial charge in [0.25, 0.3) is 0 Å². The van der Waals surface area contributed by atoms with Gasteiger partial charge >= 0.3 is 0 Å². The Balaban J connectivity index is 2.11. The summed E-state index contributed by atoms with van der Waals surface area (Å²) < 4.78 is 0. The van der Waals surface area contributed by atoms with Gasteiger partial charge in [0.05, 0.1) is 0 Å². The molecule has 4 nitrogen and oxygen atoms in total. The minimum absolute atomic E-state index is 0.625. The standard InChI is InChI=1S/C15H26N4/c1-5-16-14-10-15(18-12(3)17-14)19(4)13-8-6-11(2)7-9-13/h10-11,13H,5-9H2,1-4H3,(H,16,17,18). The van der Waals surface area contributed by atoms with E-state index in [1.165, 1.54) is 25.7 Å². The molecule has 0 unspecified atom stereocenters. The van der Waals surface area contributed by atoms with Crippen molar-refractivity contribution in [2.75, 3.05) is 23.8 Å². The smallest absolute Gasteiger partial charge is 0.134 e. The molecule has 1 fully saturated rings. The second-order valence-electron chi connectivity index (χ2n) is 5.71. The summed E-state index contributed by atoms with van der Waals surface area (Å²) >= 11 is 0. The first-order chi connectivity index (χ1) is 9.10. The first-order valence-electron chi connectivity index (χ1n) is 7.42. The van der Waals surface area contributed by atoms with Crippen LogP contribution in [0.25, 0.3) is 0 Å². The number of hydrogen-bond donors (Lipinski definition) is 1. The Hall–Kier alpha value is -1.32. The lowest BCUT2D eigenvalue weighted by molar-refractivity contribution is 0.340. The molecule has 1 aromatic rings. The zero-order valence-corrected chi connectivity index (χ0v) is 12.6. The van der Waals surface area contributed by atoms with Crippen LogP contribution in [0.1, 0.15) is 45.4 Å². The average Bonchev–Trinajstić information content (AvgIpc) is 2.38. The molecule has 0 aromatic carbocycles. The van der Waals surface area contributed by atoms with Crippen molar-refractivity contribution in [2.45, 2.75) is 52.5 Å².